The van der Waals surface area contributed by atoms with Crippen LogP contribution in [0.15, 0.2) is 12.1 Å². The summed E-state index contributed by atoms with van der Waals surface area (Å²) in [5.41, 5.74) is 6.71. The number of amides is 1. The van der Waals surface area contributed by atoms with Gasteiger partial charge in [-0.2, -0.15) is 0 Å². The van der Waals surface area contributed by atoms with E-state index in [1.807, 2.05) is 6.92 Å². The number of nitrogens with one attached hydrogen (secondary N) is 1. The molecular formula is C11H15Cl2N3O. The average molecular weight is 276 g/mol. The summed E-state index contributed by atoms with van der Waals surface area (Å²) in [7, 11) is 1.75. The van der Waals surface area contributed by atoms with Crippen LogP contribution in [0.3, 0.4) is 0 Å². The quantitative estimate of drug-likeness (QED) is 0.828. The van der Waals surface area contributed by atoms with Gasteiger partial charge < -0.3 is 16.0 Å². The molecule has 0 radical (unpaired) electrons. The fraction of sp³-hybridized carbons (Fsp3) is 0.364. The zero-order valence-electron chi connectivity index (χ0n) is 9.76. The van der Waals surface area contributed by atoms with Crippen LogP contribution in [0.2, 0.25) is 10.0 Å². The Labute approximate surface area is 111 Å². The van der Waals surface area contributed by atoms with Crippen molar-refractivity contribution in [3.05, 3.63) is 22.2 Å². The Bertz CT molecular complexity index is 400. The minimum absolute atomic E-state index is 0.0843. The molecule has 17 heavy (non-hydrogen) atoms. The van der Waals surface area contributed by atoms with Crippen LogP contribution in [0.25, 0.3) is 0 Å². The van der Waals surface area contributed by atoms with E-state index in [-0.39, 0.29) is 12.5 Å². The largest absolute Gasteiger partial charge is 0.399 e. The van der Waals surface area contributed by atoms with Gasteiger partial charge in [-0.1, -0.05) is 23.2 Å². The molecule has 6 heteroatoms. The first-order valence-corrected chi connectivity index (χ1v) is 5.93. The number of nitrogen functional groups attached to an aromatic ring is 1. The van der Waals surface area contributed by atoms with Crippen LogP contribution < -0.4 is 16.0 Å². The molecule has 3 N–H and O–H groups in total. The molecule has 0 aliphatic rings. The predicted molar refractivity (Wildman–Crippen MR) is 72.8 cm³/mol. The number of rotatable bonds is 4. The highest BCUT2D eigenvalue weighted by molar-refractivity contribution is 6.39. The predicted octanol–water partition coefficient (Wildman–Crippen LogP) is 2.15. The summed E-state index contributed by atoms with van der Waals surface area (Å²) in [6.07, 6.45) is 0. The van der Waals surface area contributed by atoms with Crippen molar-refractivity contribution in [3.63, 3.8) is 0 Å². The maximum Gasteiger partial charge on any atom is 0.239 e. The molecule has 0 aliphatic carbocycles. The minimum Gasteiger partial charge on any atom is -0.399 e. The molecular weight excluding hydrogens is 261 g/mol. The van der Waals surface area contributed by atoms with Crippen LogP contribution in [-0.2, 0) is 4.79 Å². The summed E-state index contributed by atoms with van der Waals surface area (Å²) < 4.78 is 0. The second-order valence-corrected chi connectivity index (χ2v) is 4.46. The lowest BCUT2D eigenvalue weighted by Crippen LogP contribution is -2.35. The average Bonchev–Trinajstić information content (AvgIpc) is 2.15. The third-order valence-electron chi connectivity index (χ3n) is 2.18. The number of halogens is 2. The molecule has 94 valence electrons. The molecule has 0 spiro atoms. The van der Waals surface area contributed by atoms with E-state index in [1.165, 1.54) is 0 Å². The maximum absolute atomic E-state index is 11.5. The Morgan fingerprint density at radius 2 is 1.94 bits per heavy atom. The van der Waals surface area contributed by atoms with E-state index in [0.29, 0.717) is 28.0 Å². The maximum atomic E-state index is 11.5. The van der Waals surface area contributed by atoms with Crippen molar-refractivity contribution in [2.45, 2.75) is 6.92 Å². The van der Waals surface area contributed by atoms with Gasteiger partial charge in [0, 0.05) is 19.3 Å². The first-order valence-electron chi connectivity index (χ1n) is 5.18. The zero-order chi connectivity index (χ0) is 13.0. The number of hydrogen-bond donors (Lipinski definition) is 2. The van der Waals surface area contributed by atoms with Crippen LogP contribution in [-0.4, -0.2) is 26.0 Å². The van der Waals surface area contributed by atoms with Crippen LogP contribution in [0.4, 0.5) is 11.4 Å². The van der Waals surface area contributed by atoms with Crippen molar-refractivity contribution < 1.29 is 4.79 Å². The summed E-state index contributed by atoms with van der Waals surface area (Å²) in [5, 5.41) is 3.57. The molecule has 4 nitrogen and oxygen atoms in total. The van der Waals surface area contributed by atoms with Crippen LogP contribution in [0, 0.1) is 0 Å². The minimum atomic E-state index is -0.0843. The summed E-state index contributed by atoms with van der Waals surface area (Å²) in [6.45, 7) is 2.65. The number of hydrogen-bond acceptors (Lipinski definition) is 3. The van der Waals surface area contributed by atoms with Crippen molar-refractivity contribution in [1.29, 1.82) is 0 Å². The van der Waals surface area contributed by atoms with Gasteiger partial charge in [0.15, 0.2) is 0 Å². The van der Waals surface area contributed by atoms with Crippen molar-refractivity contribution in [2.24, 2.45) is 0 Å². The van der Waals surface area contributed by atoms with E-state index in [1.54, 1.807) is 24.1 Å². The third-order valence-corrected chi connectivity index (χ3v) is 2.75. The Balaban J connectivity index is 2.89. The Morgan fingerprint density at radius 3 is 2.41 bits per heavy atom. The van der Waals surface area contributed by atoms with Gasteiger partial charge in [0.25, 0.3) is 0 Å². The van der Waals surface area contributed by atoms with Gasteiger partial charge in [0.1, 0.15) is 0 Å². The van der Waals surface area contributed by atoms with Gasteiger partial charge >= 0.3 is 0 Å². The standard InChI is InChI=1S/C11H15Cl2N3O/c1-3-15-10(17)6-16(2)11-8(12)4-7(14)5-9(11)13/h4-5H,3,6,14H2,1-2H3,(H,15,17). The monoisotopic (exact) mass is 275 g/mol. The summed E-state index contributed by atoms with van der Waals surface area (Å²) in [6, 6.07) is 3.22. The molecule has 0 atom stereocenters. The fourth-order valence-corrected chi connectivity index (χ4v) is 2.29. The molecule has 0 saturated carbocycles. The van der Waals surface area contributed by atoms with Crippen molar-refractivity contribution in [3.8, 4) is 0 Å². The number of anilines is 2. The van der Waals surface area contributed by atoms with Gasteiger partial charge in [-0.3, -0.25) is 4.79 Å². The normalized spacial score (nSPS) is 10.1. The zero-order valence-corrected chi connectivity index (χ0v) is 11.3. The lowest BCUT2D eigenvalue weighted by molar-refractivity contribution is -0.119. The second-order valence-electron chi connectivity index (χ2n) is 3.64. The molecule has 0 unspecified atom stereocenters. The van der Waals surface area contributed by atoms with E-state index in [9.17, 15) is 4.79 Å². The van der Waals surface area contributed by atoms with E-state index in [4.69, 9.17) is 28.9 Å². The molecule has 1 aromatic carbocycles. The summed E-state index contributed by atoms with van der Waals surface area (Å²) in [5.74, 6) is -0.0843. The summed E-state index contributed by atoms with van der Waals surface area (Å²) in [4.78, 5) is 13.1. The van der Waals surface area contributed by atoms with Gasteiger partial charge in [-0.05, 0) is 19.1 Å². The smallest absolute Gasteiger partial charge is 0.239 e. The SMILES string of the molecule is CCNC(=O)CN(C)c1c(Cl)cc(N)cc1Cl. The highest BCUT2D eigenvalue weighted by atomic mass is 35.5. The highest BCUT2D eigenvalue weighted by Crippen LogP contribution is 2.35. The molecule has 0 heterocycles. The highest BCUT2D eigenvalue weighted by Gasteiger charge is 2.14. The number of nitrogens with zero attached hydrogens (tertiary/aromatic N) is 1. The number of benzene rings is 1. The Morgan fingerprint density at radius 1 is 1.41 bits per heavy atom. The molecule has 0 aliphatic heterocycles. The van der Waals surface area contributed by atoms with Crippen molar-refractivity contribution in [2.75, 3.05) is 30.8 Å². The van der Waals surface area contributed by atoms with Gasteiger partial charge in [0.2, 0.25) is 5.91 Å². The Kier molecular flexibility index (Phi) is 4.90. The molecule has 0 bridgehead atoms. The van der Waals surface area contributed by atoms with Gasteiger partial charge in [0.05, 0.1) is 22.3 Å². The fourth-order valence-electron chi connectivity index (χ4n) is 1.50. The van der Waals surface area contributed by atoms with Crippen molar-refractivity contribution in [1.82, 2.24) is 5.32 Å². The number of carbonyl (C=O) groups is 1. The molecule has 0 saturated heterocycles. The first-order chi connectivity index (χ1) is 7.95. The first kappa shape index (κ1) is 13.9. The third kappa shape index (κ3) is 3.68. The molecule has 0 aromatic heterocycles. The van der Waals surface area contributed by atoms with Gasteiger partial charge in [-0.25, -0.2) is 0 Å². The van der Waals surface area contributed by atoms with Gasteiger partial charge in [-0.15, -0.1) is 0 Å². The van der Waals surface area contributed by atoms with Crippen LogP contribution in [0.1, 0.15) is 6.92 Å². The lowest BCUT2D eigenvalue weighted by Gasteiger charge is -2.21. The van der Waals surface area contributed by atoms with E-state index in [0.717, 1.165) is 0 Å². The van der Waals surface area contributed by atoms with E-state index < -0.39 is 0 Å². The Hall–Kier alpha value is -1.13. The molecule has 0 fully saturated rings. The van der Waals surface area contributed by atoms with E-state index >= 15 is 0 Å². The molecule has 1 rings (SSSR count). The lowest BCUT2D eigenvalue weighted by atomic mass is 10.2. The summed E-state index contributed by atoms with van der Waals surface area (Å²) >= 11 is 12.1. The molecule has 1 aromatic rings. The topological polar surface area (TPSA) is 58.4 Å². The number of carbonyl (C=O) groups excluding carboxylic acids is 1. The van der Waals surface area contributed by atoms with Crippen LogP contribution >= 0.6 is 23.2 Å². The molecule has 1 amide bonds. The van der Waals surface area contributed by atoms with Crippen molar-refractivity contribution >= 4 is 40.5 Å². The second kappa shape index (κ2) is 5.98. The van der Waals surface area contributed by atoms with E-state index in [2.05, 4.69) is 5.32 Å². The number of likely N-dealkylation sites (N-methyl/N-ethyl adjacent to an activating group) is 2. The number of nitrogens with two attached hydrogens (primary N) is 1. The van der Waals surface area contributed by atoms with Crippen LogP contribution in [0.5, 0.6) is 0 Å².